The zero-order valence-electron chi connectivity index (χ0n) is 17.3. The first-order valence-electron chi connectivity index (χ1n) is 10.6. The Kier molecular flexibility index (Phi) is 5.38. The van der Waals surface area contributed by atoms with E-state index in [4.69, 9.17) is 16.3 Å². The van der Waals surface area contributed by atoms with Crippen LogP contribution in [0, 0.1) is 6.92 Å². The number of piperazine rings is 1. The largest absolute Gasteiger partial charge is 0.448 e. The summed E-state index contributed by atoms with van der Waals surface area (Å²) in [5, 5.41) is 3.95. The van der Waals surface area contributed by atoms with Gasteiger partial charge in [-0.05, 0) is 40.8 Å². The molecule has 0 radical (unpaired) electrons. The summed E-state index contributed by atoms with van der Waals surface area (Å²) < 4.78 is 5.84. The first kappa shape index (κ1) is 20.0. The summed E-state index contributed by atoms with van der Waals surface area (Å²) >= 11 is 5.99. The predicted octanol–water partition coefficient (Wildman–Crippen LogP) is 4.94. The van der Waals surface area contributed by atoms with Crippen LogP contribution in [-0.4, -0.2) is 42.2 Å². The molecule has 1 aromatic heterocycles. The van der Waals surface area contributed by atoms with Gasteiger partial charge in [-0.25, -0.2) is 9.78 Å². The Hall–Kier alpha value is -2.89. The number of hydrogen-bond acceptors (Lipinski definition) is 4. The van der Waals surface area contributed by atoms with E-state index in [2.05, 4.69) is 46.7 Å². The molecule has 1 amide bonds. The molecule has 5 nitrogen and oxygen atoms in total. The number of aromatic nitrogens is 1. The molecule has 5 rings (SSSR count). The number of fused-ring (bicyclic) bond motifs is 3. The van der Waals surface area contributed by atoms with Gasteiger partial charge in [0.1, 0.15) is 11.8 Å². The summed E-state index contributed by atoms with van der Waals surface area (Å²) in [5.74, 6) is 0.0674. The van der Waals surface area contributed by atoms with E-state index in [0.717, 1.165) is 11.3 Å². The number of pyridine rings is 1. The molecule has 1 fully saturated rings. The maximum Gasteiger partial charge on any atom is 0.409 e. The van der Waals surface area contributed by atoms with E-state index in [9.17, 15) is 4.79 Å². The van der Waals surface area contributed by atoms with E-state index in [1.165, 1.54) is 22.3 Å². The second-order valence-electron chi connectivity index (χ2n) is 8.07. The molecule has 6 heteroatoms. The summed E-state index contributed by atoms with van der Waals surface area (Å²) in [6.07, 6.45) is -0.270. The third-order valence-corrected chi connectivity index (χ3v) is 6.45. The number of nitrogens with one attached hydrogen (secondary N) is 1. The molecule has 2 aromatic carbocycles. The molecule has 0 bridgehead atoms. The molecule has 2 aliphatic rings. The first-order valence-corrected chi connectivity index (χ1v) is 11.0. The molecule has 1 atom stereocenters. The quantitative estimate of drug-likeness (QED) is 0.594. The Morgan fingerprint density at radius 3 is 2.42 bits per heavy atom. The third kappa shape index (κ3) is 3.80. The van der Waals surface area contributed by atoms with E-state index in [1.807, 2.05) is 25.1 Å². The van der Waals surface area contributed by atoms with E-state index in [0.29, 0.717) is 31.4 Å². The van der Waals surface area contributed by atoms with Gasteiger partial charge >= 0.3 is 6.09 Å². The number of nitrogens with zero attached hydrogens (tertiary/aromatic N) is 2. The van der Waals surface area contributed by atoms with Crippen LogP contribution < -0.4 is 5.32 Å². The highest BCUT2D eigenvalue weighted by Gasteiger charge is 2.31. The van der Waals surface area contributed by atoms with E-state index >= 15 is 0 Å². The molecule has 31 heavy (non-hydrogen) atoms. The van der Waals surface area contributed by atoms with Crippen molar-refractivity contribution in [2.24, 2.45) is 0 Å². The van der Waals surface area contributed by atoms with Crippen molar-refractivity contribution >= 4 is 17.7 Å². The Labute approximate surface area is 187 Å². The minimum absolute atomic E-state index is 0.0130. The Morgan fingerprint density at radius 2 is 1.74 bits per heavy atom. The monoisotopic (exact) mass is 433 g/mol. The Balaban J connectivity index is 1.29. The number of carbonyl (C=O) groups is 1. The van der Waals surface area contributed by atoms with Gasteiger partial charge in [0.25, 0.3) is 0 Å². The number of carbonyl (C=O) groups excluding carboxylic acids is 1. The van der Waals surface area contributed by atoms with Crippen molar-refractivity contribution < 1.29 is 9.53 Å². The smallest absolute Gasteiger partial charge is 0.409 e. The number of halogens is 1. The number of aryl methyl sites for hydroxylation is 1. The lowest BCUT2D eigenvalue weighted by Crippen LogP contribution is -2.48. The molecule has 1 aliphatic heterocycles. The van der Waals surface area contributed by atoms with Gasteiger partial charge in [-0.2, -0.15) is 0 Å². The van der Waals surface area contributed by atoms with Crippen molar-refractivity contribution in [1.82, 2.24) is 15.2 Å². The third-order valence-electron chi connectivity index (χ3n) is 6.24. The van der Waals surface area contributed by atoms with Gasteiger partial charge in [0, 0.05) is 31.2 Å². The first-order chi connectivity index (χ1) is 15.1. The topological polar surface area (TPSA) is 54.5 Å². The fourth-order valence-electron chi connectivity index (χ4n) is 4.72. The van der Waals surface area contributed by atoms with Crippen LogP contribution in [0.5, 0.6) is 0 Å². The van der Waals surface area contributed by atoms with Gasteiger partial charge in [0.2, 0.25) is 0 Å². The number of rotatable bonds is 3. The summed E-state index contributed by atoms with van der Waals surface area (Å²) in [4.78, 5) is 19.1. The van der Waals surface area contributed by atoms with Gasteiger partial charge in [-0.1, -0.05) is 66.2 Å². The maximum atomic E-state index is 12.9. The number of ether oxygens (including phenoxy) is 1. The molecule has 1 aliphatic carbocycles. The minimum atomic E-state index is -0.270. The minimum Gasteiger partial charge on any atom is -0.448 e. The van der Waals surface area contributed by atoms with Crippen LogP contribution in [0.3, 0.4) is 0 Å². The van der Waals surface area contributed by atoms with Crippen LogP contribution in [-0.2, 0) is 4.74 Å². The van der Waals surface area contributed by atoms with Gasteiger partial charge in [0.05, 0.1) is 6.04 Å². The van der Waals surface area contributed by atoms with E-state index < -0.39 is 0 Å². The van der Waals surface area contributed by atoms with Crippen LogP contribution in [0.1, 0.15) is 34.3 Å². The molecular formula is C25H24ClN3O2. The van der Waals surface area contributed by atoms with E-state index in [1.54, 1.807) is 11.0 Å². The van der Waals surface area contributed by atoms with Crippen molar-refractivity contribution in [3.63, 3.8) is 0 Å². The lowest BCUT2D eigenvalue weighted by molar-refractivity contribution is 0.0882. The Bertz CT molecular complexity index is 1090. The maximum absolute atomic E-state index is 12.9. The normalized spacial score (nSPS) is 17.9. The molecule has 3 aromatic rings. The van der Waals surface area contributed by atoms with Gasteiger partial charge in [-0.3, -0.25) is 0 Å². The standard InChI is InChI=1S/C25H24ClN3O2/c1-16-17(10-11-24(26)28-16)23-14-29(13-12-27-23)25(30)31-15-22-20-8-4-2-6-18(20)19-7-3-5-9-21(19)22/h2-11,22-23,27H,12-15H2,1H3. The molecule has 2 heterocycles. The average Bonchev–Trinajstić information content (AvgIpc) is 3.11. The zero-order chi connectivity index (χ0) is 21.4. The second-order valence-corrected chi connectivity index (χ2v) is 8.45. The number of hydrogen-bond donors (Lipinski definition) is 1. The molecule has 158 valence electrons. The summed E-state index contributed by atoms with van der Waals surface area (Å²) in [7, 11) is 0. The molecule has 0 spiro atoms. The fourth-order valence-corrected chi connectivity index (χ4v) is 4.91. The predicted molar refractivity (Wildman–Crippen MR) is 121 cm³/mol. The van der Waals surface area contributed by atoms with Crippen molar-refractivity contribution in [2.75, 3.05) is 26.2 Å². The van der Waals surface area contributed by atoms with Crippen LogP contribution in [0.25, 0.3) is 11.1 Å². The number of amides is 1. The van der Waals surface area contributed by atoms with Gasteiger partial charge in [-0.15, -0.1) is 0 Å². The highest BCUT2D eigenvalue weighted by molar-refractivity contribution is 6.29. The van der Waals surface area contributed by atoms with Gasteiger partial charge in [0.15, 0.2) is 0 Å². The van der Waals surface area contributed by atoms with Crippen LogP contribution >= 0.6 is 11.6 Å². The molecule has 1 saturated heterocycles. The summed E-state index contributed by atoms with van der Waals surface area (Å²) in [6.45, 7) is 4.14. The van der Waals surface area contributed by atoms with Crippen molar-refractivity contribution in [3.05, 3.63) is 88.2 Å². The SMILES string of the molecule is Cc1nc(Cl)ccc1C1CN(C(=O)OCC2c3ccccc3-c3ccccc32)CCN1. The van der Waals surface area contributed by atoms with Crippen molar-refractivity contribution in [3.8, 4) is 11.1 Å². The summed E-state index contributed by atoms with van der Waals surface area (Å²) in [6, 6.07) is 20.5. The van der Waals surface area contributed by atoms with Crippen LogP contribution in [0.2, 0.25) is 5.15 Å². The van der Waals surface area contributed by atoms with Crippen LogP contribution in [0.4, 0.5) is 4.79 Å². The molecule has 0 saturated carbocycles. The molecular weight excluding hydrogens is 410 g/mol. The van der Waals surface area contributed by atoms with Crippen molar-refractivity contribution in [2.45, 2.75) is 18.9 Å². The lowest BCUT2D eigenvalue weighted by atomic mass is 9.98. The molecule has 1 N–H and O–H groups in total. The lowest BCUT2D eigenvalue weighted by Gasteiger charge is -2.34. The highest BCUT2D eigenvalue weighted by atomic mass is 35.5. The van der Waals surface area contributed by atoms with Gasteiger partial charge < -0.3 is 15.0 Å². The number of benzene rings is 2. The van der Waals surface area contributed by atoms with E-state index in [-0.39, 0.29) is 18.1 Å². The zero-order valence-corrected chi connectivity index (χ0v) is 18.1. The second kappa shape index (κ2) is 8.33. The average molecular weight is 434 g/mol. The highest BCUT2D eigenvalue weighted by Crippen LogP contribution is 2.44. The van der Waals surface area contributed by atoms with Crippen LogP contribution in [0.15, 0.2) is 60.7 Å². The summed E-state index contributed by atoms with van der Waals surface area (Å²) in [5.41, 5.74) is 6.83. The Morgan fingerprint density at radius 1 is 1.06 bits per heavy atom. The fraction of sp³-hybridized carbons (Fsp3) is 0.280. The molecule has 1 unspecified atom stereocenters. The van der Waals surface area contributed by atoms with Crippen molar-refractivity contribution in [1.29, 1.82) is 0 Å².